The Hall–Kier alpha value is -3.21. The van der Waals surface area contributed by atoms with Gasteiger partial charge in [-0.15, -0.1) is 0 Å². The Balaban J connectivity index is 1.84. The second-order valence-electron chi connectivity index (χ2n) is 4.97. The molecule has 116 valence electrons. The summed E-state index contributed by atoms with van der Waals surface area (Å²) in [5.74, 6) is 1.20. The minimum Gasteiger partial charge on any atom is -0.457 e. The van der Waals surface area contributed by atoms with Crippen molar-refractivity contribution in [1.82, 2.24) is 0 Å². The van der Waals surface area contributed by atoms with Gasteiger partial charge in [-0.25, -0.2) is 4.39 Å². The molecule has 0 aromatic heterocycles. The highest BCUT2D eigenvalue weighted by Gasteiger charge is 2.06. The van der Waals surface area contributed by atoms with Crippen molar-refractivity contribution in [2.24, 2.45) is 0 Å². The van der Waals surface area contributed by atoms with Crippen LogP contribution in [0.15, 0.2) is 66.7 Å². The van der Waals surface area contributed by atoms with Crippen LogP contribution in [0.1, 0.15) is 0 Å². The van der Waals surface area contributed by atoms with Crippen LogP contribution in [0.25, 0.3) is 0 Å². The SMILES string of the molecule is Nc1cccc(Oc2cc(F)cc(Oc3cccc(N)c3)c2)c1. The highest BCUT2D eigenvalue weighted by molar-refractivity contribution is 5.48. The first-order valence-corrected chi connectivity index (χ1v) is 6.96. The third kappa shape index (κ3) is 3.91. The summed E-state index contributed by atoms with van der Waals surface area (Å²) in [5.41, 5.74) is 12.5. The molecule has 3 aromatic carbocycles. The molecule has 0 saturated carbocycles. The first kappa shape index (κ1) is 14.7. The molecule has 3 aromatic rings. The maximum absolute atomic E-state index is 13.8. The lowest BCUT2D eigenvalue weighted by atomic mass is 10.3. The second kappa shape index (κ2) is 6.27. The number of hydrogen-bond donors (Lipinski definition) is 2. The van der Waals surface area contributed by atoms with Crippen LogP contribution in [0.2, 0.25) is 0 Å². The molecule has 3 rings (SSSR count). The third-order valence-corrected chi connectivity index (χ3v) is 3.03. The van der Waals surface area contributed by atoms with Gasteiger partial charge in [0.15, 0.2) is 0 Å². The third-order valence-electron chi connectivity index (χ3n) is 3.03. The zero-order valence-corrected chi connectivity index (χ0v) is 12.2. The summed E-state index contributed by atoms with van der Waals surface area (Å²) in [4.78, 5) is 0. The zero-order chi connectivity index (χ0) is 16.2. The number of rotatable bonds is 4. The molecule has 0 heterocycles. The van der Waals surface area contributed by atoms with Gasteiger partial charge in [0.1, 0.15) is 28.8 Å². The van der Waals surface area contributed by atoms with Gasteiger partial charge in [-0.1, -0.05) is 12.1 Å². The van der Waals surface area contributed by atoms with Crippen molar-refractivity contribution in [3.8, 4) is 23.0 Å². The zero-order valence-electron chi connectivity index (χ0n) is 12.2. The van der Waals surface area contributed by atoms with E-state index in [4.69, 9.17) is 20.9 Å². The van der Waals surface area contributed by atoms with Crippen LogP contribution < -0.4 is 20.9 Å². The predicted octanol–water partition coefficient (Wildman–Crippen LogP) is 4.57. The second-order valence-corrected chi connectivity index (χ2v) is 4.97. The van der Waals surface area contributed by atoms with Crippen LogP contribution >= 0.6 is 0 Å². The summed E-state index contributed by atoms with van der Waals surface area (Å²) >= 11 is 0. The van der Waals surface area contributed by atoms with Crippen molar-refractivity contribution in [3.05, 3.63) is 72.5 Å². The number of nitrogens with two attached hydrogens (primary N) is 2. The standard InChI is InChI=1S/C18H15FN2O2/c19-12-7-17(22-15-5-1-3-13(20)9-15)11-18(8-12)23-16-6-2-4-14(21)10-16/h1-11H,20-21H2. The number of benzene rings is 3. The van der Waals surface area contributed by atoms with Crippen molar-refractivity contribution < 1.29 is 13.9 Å². The fourth-order valence-electron chi connectivity index (χ4n) is 2.08. The largest absolute Gasteiger partial charge is 0.457 e. The highest BCUT2D eigenvalue weighted by atomic mass is 19.1. The highest BCUT2D eigenvalue weighted by Crippen LogP contribution is 2.30. The summed E-state index contributed by atoms with van der Waals surface area (Å²) in [5, 5.41) is 0. The van der Waals surface area contributed by atoms with E-state index in [2.05, 4.69) is 0 Å². The molecular formula is C18H15FN2O2. The molecule has 0 radical (unpaired) electrons. The summed E-state index contributed by atoms with van der Waals surface area (Å²) in [6.45, 7) is 0. The lowest BCUT2D eigenvalue weighted by molar-refractivity contribution is 0.451. The predicted molar refractivity (Wildman–Crippen MR) is 88.3 cm³/mol. The van der Waals surface area contributed by atoms with Gasteiger partial charge in [-0.3, -0.25) is 0 Å². The van der Waals surface area contributed by atoms with Gasteiger partial charge in [0.05, 0.1) is 0 Å². The van der Waals surface area contributed by atoms with E-state index in [1.807, 2.05) is 0 Å². The Labute approximate surface area is 133 Å². The van der Waals surface area contributed by atoms with E-state index in [1.165, 1.54) is 12.1 Å². The summed E-state index contributed by atoms with van der Waals surface area (Å²) in [7, 11) is 0. The van der Waals surface area contributed by atoms with E-state index >= 15 is 0 Å². The van der Waals surface area contributed by atoms with Crippen molar-refractivity contribution in [2.45, 2.75) is 0 Å². The van der Waals surface area contributed by atoms with Gasteiger partial charge < -0.3 is 20.9 Å². The molecule has 0 fully saturated rings. The lowest BCUT2D eigenvalue weighted by Gasteiger charge is -2.10. The molecule has 0 atom stereocenters. The number of anilines is 2. The Morgan fingerprint density at radius 3 is 1.52 bits per heavy atom. The van der Waals surface area contributed by atoms with Gasteiger partial charge >= 0.3 is 0 Å². The molecule has 0 aliphatic rings. The van der Waals surface area contributed by atoms with E-state index in [1.54, 1.807) is 54.6 Å². The van der Waals surface area contributed by atoms with Crippen LogP contribution in [-0.4, -0.2) is 0 Å². The molecule has 0 saturated heterocycles. The molecule has 0 unspecified atom stereocenters. The quantitative estimate of drug-likeness (QED) is 0.692. The molecule has 0 bridgehead atoms. The average Bonchev–Trinajstić information content (AvgIpc) is 2.46. The normalized spacial score (nSPS) is 10.3. The lowest BCUT2D eigenvalue weighted by Crippen LogP contribution is -1.91. The van der Waals surface area contributed by atoms with Gasteiger partial charge in [0.25, 0.3) is 0 Å². The molecule has 5 heteroatoms. The fraction of sp³-hybridized carbons (Fsp3) is 0. The first-order valence-electron chi connectivity index (χ1n) is 6.96. The molecule has 0 aliphatic carbocycles. The Kier molecular flexibility index (Phi) is 4.01. The topological polar surface area (TPSA) is 70.5 Å². The minimum absolute atomic E-state index is 0.314. The van der Waals surface area contributed by atoms with Crippen molar-refractivity contribution >= 4 is 11.4 Å². The Morgan fingerprint density at radius 2 is 1.09 bits per heavy atom. The van der Waals surface area contributed by atoms with Crippen LogP contribution in [0, 0.1) is 5.82 Å². The molecule has 0 spiro atoms. The van der Waals surface area contributed by atoms with Gasteiger partial charge in [-0.05, 0) is 24.3 Å². The minimum atomic E-state index is -0.467. The molecule has 4 nitrogen and oxygen atoms in total. The van der Waals surface area contributed by atoms with Crippen LogP contribution in [0.3, 0.4) is 0 Å². The average molecular weight is 310 g/mol. The van der Waals surface area contributed by atoms with Crippen molar-refractivity contribution in [2.75, 3.05) is 11.5 Å². The van der Waals surface area contributed by atoms with Gasteiger partial charge in [0, 0.05) is 41.7 Å². The smallest absolute Gasteiger partial charge is 0.134 e. The molecular weight excluding hydrogens is 295 g/mol. The molecule has 4 N–H and O–H groups in total. The van der Waals surface area contributed by atoms with E-state index in [0.29, 0.717) is 34.4 Å². The molecule has 0 aliphatic heterocycles. The van der Waals surface area contributed by atoms with E-state index in [9.17, 15) is 4.39 Å². The molecule has 23 heavy (non-hydrogen) atoms. The summed E-state index contributed by atoms with van der Waals surface area (Å²) in [6.07, 6.45) is 0. The number of hydrogen-bond acceptors (Lipinski definition) is 4. The van der Waals surface area contributed by atoms with Gasteiger partial charge in [-0.2, -0.15) is 0 Å². The van der Waals surface area contributed by atoms with Crippen LogP contribution in [-0.2, 0) is 0 Å². The number of halogens is 1. The van der Waals surface area contributed by atoms with Gasteiger partial charge in [0.2, 0.25) is 0 Å². The summed E-state index contributed by atoms with van der Waals surface area (Å²) < 4.78 is 25.0. The van der Waals surface area contributed by atoms with Crippen LogP contribution in [0.5, 0.6) is 23.0 Å². The van der Waals surface area contributed by atoms with E-state index in [-0.39, 0.29) is 0 Å². The monoisotopic (exact) mass is 310 g/mol. The maximum Gasteiger partial charge on any atom is 0.134 e. The maximum atomic E-state index is 13.8. The Morgan fingerprint density at radius 1 is 0.609 bits per heavy atom. The van der Waals surface area contributed by atoms with E-state index < -0.39 is 5.82 Å². The molecule has 0 amide bonds. The van der Waals surface area contributed by atoms with Crippen LogP contribution in [0.4, 0.5) is 15.8 Å². The van der Waals surface area contributed by atoms with Crippen molar-refractivity contribution in [3.63, 3.8) is 0 Å². The Bertz CT molecular complexity index is 771. The number of nitrogen functional groups attached to an aromatic ring is 2. The summed E-state index contributed by atoms with van der Waals surface area (Å²) in [6, 6.07) is 17.9. The number of ether oxygens (including phenoxy) is 2. The first-order chi connectivity index (χ1) is 11.1. The van der Waals surface area contributed by atoms with Crippen molar-refractivity contribution in [1.29, 1.82) is 0 Å². The fourth-order valence-corrected chi connectivity index (χ4v) is 2.08. The van der Waals surface area contributed by atoms with E-state index in [0.717, 1.165) is 0 Å².